The zero-order valence-electron chi connectivity index (χ0n) is 12.7. The van der Waals surface area contributed by atoms with Crippen molar-refractivity contribution in [3.8, 4) is 0 Å². The van der Waals surface area contributed by atoms with Gasteiger partial charge in [0.1, 0.15) is 0 Å². The van der Waals surface area contributed by atoms with E-state index in [9.17, 15) is 0 Å². The van der Waals surface area contributed by atoms with E-state index in [-0.39, 0.29) is 0 Å². The summed E-state index contributed by atoms with van der Waals surface area (Å²) in [6.45, 7) is 10.6. The summed E-state index contributed by atoms with van der Waals surface area (Å²) in [4.78, 5) is 2.76. The molecule has 18 heavy (non-hydrogen) atoms. The summed E-state index contributed by atoms with van der Waals surface area (Å²) < 4.78 is 0. The maximum atomic E-state index is 6.20. The number of nitrogens with zero attached hydrogens (tertiary/aromatic N) is 1. The Kier molecular flexibility index (Phi) is 4.38. The third-order valence-corrected chi connectivity index (χ3v) is 5.55. The first kappa shape index (κ1) is 14.3. The number of rotatable bonds is 3. The van der Waals surface area contributed by atoms with Gasteiger partial charge in [0.15, 0.2) is 0 Å². The van der Waals surface area contributed by atoms with Crippen LogP contribution < -0.4 is 5.73 Å². The molecule has 2 rings (SSSR count). The molecule has 0 aromatic rings. The molecule has 1 aliphatic heterocycles. The topological polar surface area (TPSA) is 29.3 Å². The lowest BCUT2D eigenvalue weighted by Crippen LogP contribution is -2.53. The van der Waals surface area contributed by atoms with Gasteiger partial charge in [-0.05, 0) is 62.9 Å². The van der Waals surface area contributed by atoms with Crippen LogP contribution in [0, 0.1) is 11.3 Å². The number of hydrogen-bond acceptors (Lipinski definition) is 2. The minimum absolute atomic E-state index is 0.326. The predicted octanol–water partition coefficient (Wildman–Crippen LogP) is 3.41. The molecule has 2 nitrogen and oxygen atoms in total. The Balaban J connectivity index is 2.04. The summed E-state index contributed by atoms with van der Waals surface area (Å²) in [6.07, 6.45) is 9.50. The van der Waals surface area contributed by atoms with Crippen molar-refractivity contribution in [3.05, 3.63) is 0 Å². The van der Waals surface area contributed by atoms with Gasteiger partial charge in [-0.15, -0.1) is 0 Å². The Morgan fingerprint density at radius 3 is 2.50 bits per heavy atom. The summed E-state index contributed by atoms with van der Waals surface area (Å²) in [7, 11) is 0. The third kappa shape index (κ3) is 2.91. The van der Waals surface area contributed by atoms with E-state index in [1.165, 1.54) is 58.0 Å². The number of likely N-dealkylation sites (tertiary alicyclic amines) is 1. The fourth-order valence-corrected chi connectivity index (χ4v) is 4.26. The first-order valence-corrected chi connectivity index (χ1v) is 7.96. The Morgan fingerprint density at radius 2 is 1.94 bits per heavy atom. The lowest BCUT2D eigenvalue weighted by Gasteiger charge is -2.41. The van der Waals surface area contributed by atoms with Gasteiger partial charge in [-0.1, -0.05) is 27.2 Å². The van der Waals surface area contributed by atoms with E-state index in [2.05, 4.69) is 25.7 Å². The molecular weight excluding hydrogens is 220 g/mol. The van der Waals surface area contributed by atoms with Crippen molar-refractivity contribution in [2.24, 2.45) is 17.1 Å². The van der Waals surface area contributed by atoms with Gasteiger partial charge in [0.25, 0.3) is 0 Å². The van der Waals surface area contributed by atoms with Gasteiger partial charge in [0.2, 0.25) is 0 Å². The average Bonchev–Trinajstić information content (AvgIpc) is 2.55. The molecule has 0 radical (unpaired) electrons. The van der Waals surface area contributed by atoms with E-state index in [0.717, 1.165) is 12.5 Å². The normalized spacial score (nSPS) is 37.7. The third-order valence-electron chi connectivity index (χ3n) is 5.55. The number of hydrogen-bond donors (Lipinski definition) is 1. The van der Waals surface area contributed by atoms with Crippen molar-refractivity contribution in [1.29, 1.82) is 0 Å². The molecular formula is C16H32N2. The van der Waals surface area contributed by atoms with Crippen molar-refractivity contribution in [2.45, 2.75) is 71.3 Å². The molecule has 2 fully saturated rings. The van der Waals surface area contributed by atoms with Crippen LogP contribution in [-0.2, 0) is 0 Å². The molecule has 2 heteroatoms. The monoisotopic (exact) mass is 252 g/mol. The minimum Gasteiger partial charge on any atom is -0.329 e. The molecule has 1 aliphatic carbocycles. The number of nitrogens with two attached hydrogens (primary N) is 1. The first-order valence-electron chi connectivity index (χ1n) is 7.96. The van der Waals surface area contributed by atoms with E-state index >= 15 is 0 Å². The molecule has 0 amide bonds. The van der Waals surface area contributed by atoms with E-state index in [0.29, 0.717) is 11.0 Å². The fraction of sp³-hybridized carbons (Fsp3) is 1.00. The van der Waals surface area contributed by atoms with E-state index in [1.54, 1.807) is 0 Å². The van der Waals surface area contributed by atoms with Crippen molar-refractivity contribution < 1.29 is 0 Å². The maximum absolute atomic E-state index is 6.20. The highest BCUT2D eigenvalue weighted by molar-refractivity contribution is 5.02. The SMILES string of the molecule is CCC1CCCN(C2(CN)CCC(C)(C)C2)CC1. The maximum Gasteiger partial charge on any atom is 0.0337 e. The molecule has 1 saturated carbocycles. The Morgan fingerprint density at radius 1 is 1.17 bits per heavy atom. The van der Waals surface area contributed by atoms with Crippen LogP contribution in [0.4, 0.5) is 0 Å². The second kappa shape index (κ2) is 5.50. The molecule has 0 aromatic heterocycles. The molecule has 2 atom stereocenters. The van der Waals surface area contributed by atoms with Crippen molar-refractivity contribution in [1.82, 2.24) is 4.90 Å². The second-order valence-corrected chi connectivity index (χ2v) is 7.46. The summed E-state index contributed by atoms with van der Waals surface area (Å²) in [6, 6.07) is 0. The van der Waals surface area contributed by atoms with Gasteiger partial charge in [-0.3, -0.25) is 4.90 Å². The Hall–Kier alpha value is -0.0800. The zero-order valence-corrected chi connectivity index (χ0v) is 12.7. The zero-order chi connectivity index (χ0) is 13.2. The largest absolute Gasteiger partial charge is 0.329 e. The highest BCUT2D eigenvalue weighted by atomic mass is 15.2. The lowest BCUT2D eigenvalue weighted by atomic mass is 9.86. The molecule has 2 N–H and O–H groups in total. The van der Waals surface area contributed by atoms with E-state index < -0.39 is 0 Å². The minimum atomic E-state index is 0.326. The van der Waals surface area contributed by atoms with Crippen molar-refractivity contribution in [2.75, 3.05) is 19.6 Å². The van der Waals surface area contributed by atoms with E-state index in [1.807, 2.05) is 0 Å². The smallest absolute Gasteiger partial charge is 0.0337 e. The van der Waals surface area contributed by atoms with Crippen LogP contribution in [0.15, 0.2) is 0 Å². The molecule has 106 valence electrons. The van der Waals surface area contributed by atoms with Crippen LogP contribution in [0.1, 0.15) is 65.7 Å². The quantitative estimate of drug-likeness (QED) is 0.834. The van der Waals surface area contributed by atoms with Crippen LogP contribution in [0.3, 0.4) is 0 Å². The first-order chi connectivity index (χ1) is 8.51. The van der Waals surface area contributed by atoms with Crippen LogP contribution in [-0.4, -0.2) is 30.1 Å². The van der Waals surface area contributed by atoms with E-state index in [4.69, 9.17) is 5.73 Å². The van der Waals surface area contributed by atoms with Crippen LogP contribution in [0.25, 0.3) is 0 Å². The average molecular weight is 252 g/mol. The standard InChI is InChI=1S/C16H32N2/c1-4-14-6-5-10-18(11-7-14)16(13-17)9-8-15(2,3)12-16/h14H,4-13,17H2,1-3H3. The highest BCUT2D eigenvalue weighted by Crippen LogP contribution is 2.46. The Labute approximate surface area is 113 Å². The van der Waals surface area contributed by atoms with Gasteiger partial charge in [-0.25, -0.2) is 0 Å². The summed E-state index contributed by atoms with van der Waals surface area (Å²) >= 11 is 0. The summed E-state index contributed by atoms with van der Waals surface area (Å²) in [5.74, 6) is 0.958. The van der Waals surface area contributed by atoms with Crippen molar-refractivity contribution >= 4 is 0 Å². The fourth-order valence-electron chi connectivity index (χ4n) is 4.26. The lowest BCUT2D eigenvalue weighted by molar-refractivity contribution is 0.0912. The molecule has 2 unspecified atom stereocenters. The van der Waals surface area contributed by atoms with Gasteiger partial charge < -0.3 is 5.73 Å². The molecule has 0 aromatic carbocycles. The Bertz CT molecular complexity index is 274. The highest BCUT2D eigenvalue weighted by Gasteiger charge is 2.46. The molecule has 0 bridgehead atoms. The predicted molar refractivity (Wildman–Crippen MR) is 78.6 cm³/mol. The molecule has 2 aliphatic rings. The van der Waals surface area contributed by atoms with Crippen molar-refractivity contribution in [3.63, 3.8) is 0 Å². The molecule has 1 heterocycles. The van der Waals surface area contributed by atoms with Gasteiger partial charge in [-0.2, -0.15) is 0 Å². The van der Waals surface area contributed by atoms with Crippen LogP contribution in [0.2, 0.25) is 0 Å². The van der Waals surface area contributed by atoms with Gasteiger partial charge in [0, 0.05) is 12.1 Å². The molecule has 0 spiro atoms. The summed E-state index contributed by atoms with van der Waals surface area (Å²) in [5, 5.41) is 0. The second-order valence-electron chi connectivity index (χ2n) is 7.46. The van der Waals surface area contributed by atoms with Gasteiger partial charge >= 0.3 is 0 Å². The van der Waals surface area contributed by atoms with Gasteiger partial charge in [0.05, 0.1) is 0 Å². The van der Waals surface area contributed by atoms with Crippen LogP contribution in [0.5, 0.6) is 0 Å². The summed E-state index contributed by atoms with van der Waals surface area (Å²) in [5.41, 5.74) is 7.02. The molecule has 1 saturated heterocycles. The van der Waals surface area contributed by atoms with Crippen LogP contribution >= 0.6 is 0 Å².